The molecule has 1 heterocycles. The lowest BCUT2D eigenvalue weighted by Gasteiger charge is -2.14. The van der Waals surface area contributed by atoms with Gasteiger partial charge in [0.15, 0.2) is 0 Å². The average molecular weight is 203 g/mol. The van der Waals surface area contributed by atoms with Gasteiger partial charge in [-0.25, -0.2) is 4.98 Å². The summed E-state index contributed by atoms with van der Waals surface area (Å²) < 4.78 is 2.26. The molecule has 0 amide bonds. The van der Waals surface area contributed by atoms with E-state index >= 15 is 0 Å². The Morgan fingerprint density at radius 3 is 2.87 bits per heavy atom. The maximum Gasteiger partial charge on any atom is 0.106 e. The van der Waals surface area contributed by atoms with Crippen LogP contribution in [-0.2, 0) is 0 Å². The van der Waals surface area contributed by atoms with E-state index in [-0.39, 0.29) is 0 Å². The van der Waals surface area contributed by atoms with Crippen LogP contribution in [0.4, 0.5) is 5.69 Å². The zero-order valence-corrected chi connectivity index (χ0v) is 9.49. The van der Waals surface area contributed by atoms with Crippen LogP contribution in [0, 0.1) is 6.92 Å². The maximum absolute atomic E-state index is 5.80. The lowest BCUT2D eigenvalue weighted by Crippen LogP contribution is -2.05. The molecule has 2 aromatic rings. The second-order valence-corrected chi connectivity index (χ2v) is 4.03. The number of benzene rings is 1. The van der Waals surface area contributed by atoms with Gasteiger partial charge < -0.3 is 10.3 Å². The highest BCUT2D eigenvalue weighted by Crippen LogP contribution is 2.24. The van der Waals surface area contributed by atoms with Crippen LogP contribution in [0.5, 0.6) is 0 Å². The Balaban J connectivity index is 2.70. The number of fused-ring (bicyclic) bond motifs is 1. The molecule has 0 aliphatic heterocycles. The number of rotatable bonds is 2. The molecule has 0 spiro atoms. The van der Waals surface area contributed by atoms with Crippen molar-refractivity contribution >= 4 is 16.7 Å². The molecule has 0 saturated heterocycles. The molecule has 2 rings (SSSR count). The number of aromatic nitrogens is 2. The van der Waals surface area contributed by atoms with Gasteiger partial charge in [-0.2, -0.15) is 0 Å². The number of imidazole rings is 1. The van der Waals surface area contributed by atoms with Gasteiger partial charge in [-0.15, -0.1) is 0 Å². The molecule has 0 bridgehead atoms. The lowest BCUT2D eigenvalue weighted by molar-refractivity contribution is 0.532. The van der Waals surface area contributed by atoms with Gasteiger partial charge in [-0.3, -0.25) is 0 Å². The predicted molar refractivity (Wildman–Crippen MR) is 63.9 cm³/mol. The number of aryl methyl sites for hydroxylation is 1. The first-order valence-corrected chi connectivity index (χ1v) is 5.37. The van der Waals surface area contributed by atoms with E-state index in [0.717, 1.165) is 29.0 Å². The summed E-state index contributed by atoms with van der Waals surface area (Å²) in [5, 5.41) is 0. The van der Waals surface area contributed by atoms with Crippen LogP contribution in [0.25, 0.3) is 11.0 Å². The van der Waals surface area contributed by atoms with E-state index in [9.17, 15) is 0 Å². The number of nitrogens with zero attached hydrogens (tertiary/aromatic N) is 2. The van der Waals surface area contributed by atoms with Crippen molar-refractivity contribution < 1.29 is 0 Å². The SMILES string of the molecule is CC[C@@H](C)n1c(C)nc2ccc(N)cc21. The topological polar surface area (TPSA) is 43.8 Å². The molecule has 3 nitrogen and oxygen atoms in total. The molecule has 0 unspecified atom stereocenters. The van der Waals surface area contributed by atoms with Crippen LogP contribution in [0.15, 0.2) is 18.2 Å². The molecule has 0 radical (unpaired) electrons. The molecule has 1 aromatic carbocycles. The smallest absolute Gasteiger partial charge is 0.106 e. The molecular formula is C12H17N3. The van der Waals surface area contributed by atoms with Gasteiger partial charge in [-0.05, 0) is 38.5 Å². The minimum Gasteiger partial charge on any atom is -0.399 e. The predicted octanol–water partition coefficient (Wildman–Crippen LogP) is 2.90. The molecule has 0 aliphatic rings. The van der Waals surface area contributed by atoms with Crippen molar-refractivity contribution in [2.45, 2.75) is 33.2 Å². The normalized spacial score (nSPS) is 13.3. The van der Waals surface area contributed by atoms with E-state index in [1.165, 1.54) is 0 Å². The summed E-state index contributed by atoms with van der Waals surface area (Å²) in [6.07, 6.45) is 1.10. The highest BCUT2D eigenvalue weighted by atomic mass is 15.1. The van der Waals surface area contributed by atoms with Crippen molar-refractivity contribution in [3.05, 3.63) is 24.0 Å². The van der Waals surface area contributed by atoms with Gasteiger partial charge in [0.2, 0.25) is 0 Å². The van der Waals surface area contributed by atoms with Gasteiger partial charge in [0.25, 0.3) is 0 Å². The molecule has 0 aliphatic carbocycles. The minimum absolute atomic E-state index is 0.469. The summed E-state index contributed by atoms with van der Waals surface area (Å²) in [4.78, 5) is 4.53. The number of hydrogen-bond acceptors (Lipinski definition) is 2. The summed E-state index contributed by atoms with van der Waals surface area (Å²) in [5.41, 5.74) is 8.77. The highest BCUT2D eigenvalue weighted by Gasteiger charge is 2.11. The van der Waals surface area contributed by atoms with Gasteiger partial charge in [-0.1, -0.05) is 6.92 Å². The highest BCUT2D eigenvalue weighted by molar-refractivity contribution is 5.79. The van der Waals surface area contributed by atoms with Crippen molar-refractivity contribution in [3.8, 4) is 0 Å². The van der Waals surface area contributed by atoms with Crippen LogP contribution in [0.3, 0.4) is 0 Å². The van der Waals surface area contributed by atoms with Crippen molar-refractivity contribution in [2.75, 3.05) is 5.73 Å². The Hall–Kier alpha value is -1.51. The molecule has 80 valence electrons. The van der Waals surface area contributed by atoms with Crippen molar-refractivity contribution in [2.24, 2.45) is 0 Å². The second kappa shape index (κ2) is 3.57. The lowest BCUT2D eigenvalue weighted by atomic mass is 10.2. The molecule has 0 fully saturated rings. The fourth-order valence-electron chi connectivity index (χ4n) is 1.97. The third kappa shape index (κ3) is 1.58. The van der Waals surface area contributed by atoms with E-state index in [0.29, 0.717) is 6.04 Å². The van der Waals surface area contributed by atoms with E-state index < -0.39 is 0 Å². The minimum atomic E-state index is 0.469. The molecule has 2 N–H and O–H groups in total. The summed E-state index contributed by atoms with van der Waals surface area (Å²) >= 11 is 0. The zero-order chi connectivity index (χ0) is 11.0. The van der Waals surface area contributed by atoms with Crippen LogP contribution in [0.1, 0.15) is 32.1 Å². The van der Waals surface area contributed by atoms with Crippen molar-refractivity contribution in [1.29, 1.82) is 0 Å². The van der Waals surface area contributed by atoms with E-state index in [2.05, 4.69) is 23.4 Å². The van der Waals surface area contributed by atoms with Gasteiger partial charge in [0.1, 0.15) is 5.82 Å². The largest absolute Gasteiger partial charge is 0.399 e. The Bertz CT molecular complexity index is 485. The fourth-order valence-corrected chi connectivity index (χ4v) is 1.97. The monoisotopic (exact) mass is 203 g/mol. The van der Waals surface area contributed by atoms with Crippen LogP contribution in [-0.4, -0.2) is 9.55 Å². The molecule has 1 aromatic heterocycles. The van der Waals surface area contributed by atoms with Gasteiger partial charge >= 0.3 is 0 Å². The first kappa shape index (κ1) is 10.0. The van der Waals surface area contributed by atoms with Crippen LogP contribution in [0.2, 0.25) is 0 Å². The standard InChI is InChI=1S/C12H17N3/c1-4-8(2)15-9(3)14-11-6-5-10(13)7-12(11)15/h5-8H,4,13H2,1-3H3/t8-/m1/s1. The summed E-state index contributed by atoms with van der Waals surface area (Å²) in [7, 11) is 0. The Morgan fingerprint density at radius 2 is 2.20 bits per heavy atom. The van der Waals surface area contributed by atoms with Crippen LogP contribution >= 0.6 is 0 Å². The molecule has 15 heavy (non-hydrogen) atoms. The Labute approximate surface area is 89.9 Å². The first-order valence-electron chi connectivity index (χ1n) is 5.37. The molecule has 0 saturated carbocycles. The molecule has 1 atom stereocenters. The molecular weight excluding hydrogens is 186 g/mol. The fraction of sp³-hybridized carbons (Fsp3) is 0.417. The van der Waals surface area contributed by atoms with E-state index in [1.54, 1.807) is 0 Å². The third-order valence-electron chi connectivity index (χ3n) is 2.92. The summed E-state index contributed by atoms with van der Waals surface area (Å²) in [6, 6.07) is 6.35. The summed E-state index contributed by atoms with van der Waals surface area (Å²) in [6.45, 7) is 6.43. The van der Waals surface area contributed by atoms with E-state index in [1.807, 2.05) is 25.1 Å². The first-order chi connectivity index (χ1) is 7.13. The Morgan fingerprint density at radius 1 is 1.47 bits per heavy atom. The Kier molecular flexibility index (Phi) is 2.39. The van der Waals surface area contributed by atoms with Crippen molar-refractivity contribution in [3.63, 3.8) is 0 Å². The quantitative estimate of drug-likeness (QED) is 0.763. The number of hydrogen-bond donors (Lipinski definition) is 1. The summed E-state index contributed by atoms with van der Waals surface area (Å²) in [5.74, 6) is 1.06. The number of nitrogen functional groups attached to an aromatic ring is 1. The second-order valence-electron chi connectivity index (χ2n) is 4.03. The third-order valence-corrected chi connectivity index (χ3v) is 2.92. The number of nitrogens with two attached hydrogens (primary N) is 1. The van der Waals surface area contributed by atoms with Crippen molar-refractivity contribution in [1.82, 2.24) is 9.55 Å². The van der Waals surface area contributed by atoms with Gasteiger partial charge in [0, 0.05) is 11.7 Å². The maximum atomic E-state index is 5.80. The van der Waals surface area contributed by atoms with E-state index in [4.69, 9.17) is 5.73 Å². The zero-order valence-electron chi connectivity index (χ0n) is 9.49. The number of anilines is 1. The van der Waals surface area contributed by atoms with Crippen LogP contribution < -0.4 is 5.73 Å². The van der Waals surface area contributed by atoms with Gasteiger partial charge in [0.05, 0.1) is 11.0 Å². The molecule has 3 heteroatoms. The average Bonchev–Trinajstić information content (AvgIpc) is 2.52.